The first-order chi connectivity index (χ1) is 8.50. The average molecular weight is 252 g/mol. The Kier molecular flexibility index (Phi) is 5.61. The minimum Gasteiger partial charge on any atom is -0.508 e. The van der Waals surface area contributed by atoms with Crippen LogP contribution in [0.1, 0.15) is 24.1 Å². The van der Waals surface area contributed by atoms with E-state index in [1.807, 2.05) is 26.0 Å². The van der Waals surface area contributed by atoms with Crippen LogP contribution in [0, 0.1) is 6.92 Å². The van der Waals surface area contributed by atoms with E-state index in [9.17, 15) is 9.90 Å². The van der Waals surface area contributed by atoms with E-state index < -0.39 is 5.91 Å². The Morgan fingerprint density at radius 2 is 2.28 bits per heavy atom. The Balaban J connectivity index is 2.36. The Hall–Kier alpha value is -1.59. The molecule has 0 fully saturated rings. The zero-order valence-electron chi connectivity index (χ0n) is 10.8. The van der Waals surface area contributed by atoms with Crippen LogP contribution in [0.4, 0.5) is 0 Å². The summed E-state index contributed by atoms with van der Waals surface area (Å²) in [5, 5.41) is 13.0. The van der Waals surface area contributed by atoms with Gasteiger partial charge in [-0.15, -0.1) is 0 Å². The number of benzene rings is 1. The molecule has 0 saturated carbocycles. The van der Waals surface area contributed by atoms with E-state index in [0.717, 1.165) is 11.1 Å². The third-order valence-corrected chi connectivity index (χ3v) is 2.59. The predicted molar refractivity (Wildman–Crippen MR) is 69.3 cm³/mol. The molecule has 5 heteroatoms. The number of carbonyl (C=O) groups is 1. The number of amides is 1. The second-order valence-electron chi connectivity index (χ2n) is 4.26. The van der Waals surface area contributed by atoms with Crippen LogP contribution < -0.4 is 11.1 Å². The number of ether oxygens (including phenoxy) is 1. The van der Waals surface area contributed by atoms with Crippen molar-refractivity contribution >= 4 is 5.91 Å². The Morgan fingerprint density at radius 3 is 2.89 bits per heavy atom. The Morgan fingerprint density at radius 1 is 1.56 bits per heavy atom. The van der Waals surface area contributed by atoms with E-state index >= 15 is 0 Å². The Bertz CT molecular complexity index is 407. The highest BCUT2D eigenvalue weighted by Crippen LogP contribution is 2.24. The van der Waals surface area contributed by atoms with E-state index in [4.69, 9.17) is 10.5 Å². The third-order valence-electron chi connectivity index (χ3n) is 2.59. The standard InChI is InChI=1S/C13H20N2O3/c1-9-3-4-11(12(16)7-9)10(2)15-5-6-18-8-13(14)17/h3-4,7,10,15-16H,5-6,8H2,1-2H3,(H2,14,17). The first-order valence-corrected chi connectivity index (χ1v) is 5.89. The molecule has 100 valence electrons. The van der Waals surface area contributed by atoms with Gasteiger partial charge < -0.3 is 20.9 Å². The van der Waals surface area contributed by atoms with Crippen LogP contribution in [0.25, 0.3) is 0 Å². The van der Waals surface area contributed by atoms with Gasteiger partial charge in [0.2, 0.25) is 5.91 Å². The zero-order valence-corrected chi connectivity index (χ0v) is 10.8. The molecule has 0 aliphatic rings. The van der Waals surface area contributed by atoms with Gasteiger partial charge in [-0.25, -0.2) is 0 Å². The van der Waals surface area contributed by atoms with E-state index in [1.54, 1.807) is 6.07 Å². The molecule has 0 saturated heterocycles. The van der Waals surface area contributed by atoms with Crippen LogP contribution >= 0.6 is 0 Å². The number of rotatable bonds is 7. The minimum atomic E-state index is -0.473. The van der Waals surface area contributed by atoms with Gasteiger partial charge in [0.05, 0.1) is 6.61 Å². The number of carbonyl (C=O) groups excluding carboxylic acids is 1. The third kappa shape index (κ3) is 4.73. The molecular weight excluding hydrogens is 232 g/mol. The van der Waals surface area contributed by atoms with Gasteiger partial charge in [-0.2, -0.15) is 0 Å². The van der Waals surface area contributed by atoms with Gasteiger partial charge in [0.25, 0.3) is 0 Å². The molecule has 0 aliphatic heterocycles. The number of phenols is 1. The van der Waals surface area contributed by atoms with Crippen molar-refractivity contribution in [1.29, 1.82) is 0 Å². The highest BCUT2D eigenvalue weighted by Gasteiger charge is 2.09. The summed E-state index contributed by atoms with van der Waals surface area (Å²) >= 11 is 0. The van der Waals surface area contributed by atoms with Gasteiger partial charge >= 0.3 is 0 Å². The summed E-state index contributed by atoms with van der Waals surface area (Å²) in [5.74, 6) is -0.188. The normalized spacial score (nSPS) is 12.3. The quantitative estimate of drug-likeness (QED) is 0.628. The topological polar surface area (TPSA) is 84.6 Å². The molecule has 1 aromatic carbocycles. The van der Waals surface area contributed by atoms with Crippen LogP contribution in [-0.4, -0.2) is 30.8 Å². The molecule has 1 amide bonds. The van der Waals surface area contributed by atoms with Crippen molar-refractivity contribution in [2.24, 2.45) is 5.73 Å². The van der Waals surface area contributed by atoms with Crippen molar-refractivity contribution in [3.63, 3.8) is 0 Å². The molecule has 0 bridgehead atoms. The largest absolute Gasteiger partial charge is 0.508 e. The van der Waals surface area contributed by atoms with Gasteiger partial charge in [-0.05, 0) is 25.5 Å². The summed E-state index contributed by atoms with van der Waals surface area (Å²) in [6.45, 7) is 4.81. The molecule has 0 aromatic heterocycles. The number of phenolic OH excluding ortho intramolecular Hbond substituents is 1. The van der Waals surface area contributed by atoms with E-state index in [0.29, 0.717) is 13.2 Å². The number of nitrogens with one attached hydrogen (secondary N) is 1. The fourth-order valence-electron chi connectivity index (χ4n) is 1.65. The van der Waals surface area contributed by atoms with Crippen molar-refractivity contribution < 1.29 is 14.6 Å². The maximum Gasteiger partial charge on any atom is 0.243 e. The summed E-state index contributed by atoms with van der Waals surface area (Å²) in [5.41, 5.74) is 6.81. The zero-order chi connectivity index (χ0) is 13.5. The molecule has 5 nitrogen and oxygen atoms in total. The molecule has 1 rings (SSSR count). The lowest BCUT2D eigenvalue weighted by Crippen LogP contribution is -2.26. The van der Waals surface area contributed by atoms with Gasteiger partial charge in [-0.3, -0.25) is 4.79 Å². The second kappa shape index (κ2) is 6.98. The molecule has 18 heavy (non-hydrogen) atoms. The number of aryl methyl sites for hydroxylation is 1. The first kappa shape index (κ1) is 14.5. The maximum atomic E-state index is 10.4. The van der Waals surface area contributed by atoms with Crippen LogP contribution in [0.5, 0.6) is 5.75 Å². The van der Waals surface area contributed by atoms with Crippen molar-refractivity contribution in [2.75, 3.05) is 19.8 Å². The second-order valence-corrected chi connectivity index (χ2v) is 4.26. The monoisotopic (exact) mass is 252 g/mol. The van der Waals surface area contributed by atoms with Crippen LogP contribution in [-0.2, 0) is 9.53 Å². The van der Waals surface area contributed by atoms with Crippen molar-refractivity contribution in [1.82, 2.24) is 5.32 Å². The summed E-state index contributed by atoms with van der Waals surface area (Å²) in [4.78, 5) is 10.4. The molecule has 0 spiro atoms. The van der Waals surface area contributed by atoms with Crippen molar-refractivity contribution in [3.05, 3.63) is 29.3 Å². The lowest BCUT2D eigenvalue weighted by molar-refractivity contribution is -0.122. The highest BCUT2D eigenvalue weighted by atomic mass is 16.5. The molecule has 0 heterocycles. The molecule has 4 N–H and O–H groups in total. The van der Waals surface area contributed by atoms with Gasteiger partial charge in [0.1, 0.15) is 12.4 Å². The fourth-order valence-corrected chi connectivity index (χ4v) is 1.65. The smallest absolute Gasteiger partial charge is 0.243 e. The minimum absolute atomic E-state index is 0.0165. The van der Waals surface area contributed by atoms with Crippen LogP contribution in [0.3, 0.4) is 0 Å². The van der Waals surface area contributed by atoms with Crippen molar-refractivity contribution in [3.8, 4) is 5.75 Å². The lowest BCUT2D eigenvalue weighted by Gasteiger charge is -2.15. The molecule has 0 aliphatic carbocycles. The predicted octanol–water partition coefficient (Wildman–Crippen LogP) is 0.853. The summed E-state index contributed by atoms with van der Waals surface area (Å²) in [7, 11) is 0. The SMILES string of the molecule is Cc1ccc(C(C)NCCOCC(N)=O)c(O)c1. The summed E-state index contributed by atoms with van der Waals surface area (Å²) in [6.07, 6.45) is 0. The molecule has 1 atom stereocenters. The number of aromatic hydroxyl groups is 1. The maximum absolute atomic E-state index is 10.4. The van der Waals surface area contributed by atoms with E-state index in [2.05, 4.69) is 5.32 Å². The highest BCUT2D eigenvalue weighted by molar-refractivity contribution is 5.74. The number of primary amides is 1. The number of hydrogen-bond acceptors (Lipinski definition) is 4. The molecule has 0 radical (unpaired) electrons. The van der Waals surface area contributed by atoms with Gasteiger partial charge in [0, 0.05) is 18.2 Å². The van der Waals surface area contributed by atoms with E-state index in [1.165, 1.54) is 0 Å². The lowest BCUT2D eigenvalue weighted by atomic mass is 10.1. The number of nitrogens with two attached hydrogens (primary N) is 1. The van der Waals surface area contributed by atoms with Gasteiger partial charge in [-0.1, -0.05) is 12.1 Å². The fraction of sp³-hybridized carbons (Fsp3) is 0.462. The molecule has 1 aromatic rings. The summed E-state index contributed by atoms with van der Waals surface area (Å²) in [6, 6.07) is 5.60. The van der Waals surface area contributed by atoms with E-state index in [-0.39, 0.29) is 18.4 Å². The summed E-state index contributed by atoms with van der Waals surface area (Å²) < 4.78 is 5.03. The first-order valence-electron chi connectivity index (χ1n) is 5.89. The molecule has 1 unspecified atom stereocenters. The van der Waals surface area contributed by atoms with Crippen LogP contribution in [0.2, 0.25) is 0 Å². The van der Waals surface area contributed by atoms with Crippen molar-refractivity contribution in [2.45, 2.75) is 19.9 Å². The van der Waals surface area contributed by atoms with Crippen LogP contribution in [0.15, 0.2) is 18.2 Å². The van der Waals surface area contributed by atoms with Gasteiger partial charge in [0.15, 0.2) is 0 Å². The Labute approximate surface area is 107 Å². The number of hydrogen-bond donors (Lipinski definition) is 3. The molecular formula is C13H20N2O3. The average Bonchev–Trinajstić information content (AvgIpc) is 2.27.